The molecule has 1 aliphatic rings. The van der Waals surface area contributed by atoms with Crippen LogP contribution < -0.4 is 0 Å². The molecule has 0 spiro atoms. The third-order valence-electron chi connectivity index (χ3n) is 13.4. The average molecular weight is 884 g/mol. The molecule has 9 aromatic carbocycles. The average Bonchev–Trinajstić information content (AvgIpc) is 3.66. The zero-order chi connectivity index (χ0) is 46.3. The van der Waals surface area contributed by atoms with Crippen LogP contribution in [-0.2, 0) is 5.41 Å². The van der Waals surface area contributed by atoms with Crippen molar-refractivity contribution in [2.45, 2.75) is 19.3 Å². The molecule has 2 heterocycles. The summed E-state index contributed by atoms with van der Waals surface area (Å²) in [6.45, 7) is 4.60. The van der Waals surface area contributed by atoms with Crippen molar-refractivity contribution in [3.63, 3.8) is 0 Å². The molecule has 326 valence electrons. The maximum absolute atomic E-state index is 5.25. The molecule has 1 aliphatic carbocycles. The zero-order valence-corrected chi connectivity index (χ0v) is 38.3. The molecule has 0 bridgehead atoms. The predicted octanol–water partition coefficient (Wildman–Crippen LogP) is 16.0. The standard InChI is InChI=1S/C64H45N5/c1-64(2)56-27-13-12-26-54(56)55-37-36-53(40-57(55)64)63-68-61(47-20-10-5-11-21-47)67-62(69-63)52-25-15-23-50(39-52)49-22-14-24-51(38-49)59-41-58(46-32-28-44(29-33-46)42-16-6-3-7-17-42)65-60(66-59)48-34-30-45(31-35-48)43-18-8-4-9-19-43/h3-41H,1-2H3. The summed E-state index contributed by atoms with van der Waals surface area (Å²) in [5.74, 6) is 2.55. The lowest BCUT2D eigenvalue weighted by Crippen LogP contribution is -2.15. The van der Waals surface area contributed by atoms with Crippen LogP contribution in [0.3, 0.4) is 0 Å². The molecule has 0 unspecified atom stereocenters. The monoisotopic (exact) mass is 883 g/mol. The van der Waals surface area contributed by atoms with Gasteiger partial charge in [-0.2, -0.15) is 0 Å². The Morgan fingerprint density at radius 3 is 1.20 bits per heavy atom. The van der Waals surface area contributed by atoms with E-state index in [4.69, 9.17) is 24.9 Å². The highest BCUT2D eigenvalue weighted by atomic mass is 15.0. The van der Waals surface area contributed by atoms with Gasteiger partial charge in [0.25, 0.3) is 0 Å². The van der Waals surface area contributed by atoms with Gasteiger partial charge in [0.05, 0.1) is 11.4 Å². The van der Waals surface area contributed by atoms with Gasteiger partial charge >= 0.3 is 0 Å². The molecule has 0 amide bonds. The van der Waals surface area contributed by atoms with Crippen molar-refractivity contribution in [2.75, 3.05) is 0 Å². The second-order valence-corrected chi connectivity index (χ2v) is 18.1. The molecule has 0 saturated carbocycles. The first-order valence-electron chi connectivity index (χ1n) is 23.4. The van der Waals surface area contributed by atoms with Crippen LogP contribution in [0.4, 0.5) is 0 Å². The summed E-state index contributed by atoms with van der Waals surface area (Å²) in [5.41, 5.74) is 19.2. The third-order valence-corrected chi connectivity index (χ3v) is 13.4. The molecule has 0 atom stereocenters. The summed E-state index contributed by atoms with van der Waals surface area (Å²) in [4.78, 5) is 25.9. The van der Waals surface area contributed by atoms with Crippen molar-refractivity contribution in [1.82, 2.24) is 24.9 Å². The summed E-state index contributed by atoms with van der Waals surface area (Å²) in [6, 6.07) is 82.7. The van der Waals surface area contributed by atoms with Gasteiger partial charge in [-0.3, -0.25) is 0 Å². The van der Waals surface area contributed by atoms with E-state index in [2.05, 4.69) is 220 Å². The van der Waals surface area contributed by atoms with E-state index < -0.39 is 0 Å². The highest BCUT2D eigenvalue weighted by Gasteiger charge is 2.35. The van der Waals surface area contributed by atoms with E-state index in [1.54, 1.807) is 0 Å². The largest absolute Gasteiger partial charge is 0.228 e. The Morgan fingerprint density at radius 1 is 0.232 bits per heavy atom. The first kappa shape index (κ1) is 41.5. The van der Waals surface area contributed by atoms with E-state index in [0.717, 1.165) is 67.0 Å². The number of nitrogens with zero attached hydrogens (tertiary/aromatic N) is 5. The van der Waals surface area contributed by atoms with Crippen molar-refractivity contribution >= 4 is 0 Å². The Bertz CT molecular complexity index is 3560. The second kappa shape index (κ2) is 17.4. The number of rotatable bonds is 9. The smallest absolute Gasteiger partial charge is 0.164 e. The maximum Gasteiger partial charge on any atom is 0.164 e. The fourth-order valence-electron chi connectivity index (χ4n) is 9.67. The minimum absolute atomic E-state index is 0.153. The Balaban J connectivity index is 0.923. The van der Waals surface area contributed by atoms with Gasteiger partial charge in [0.15, 0.2) is 23.3 Å². The van der Waals surface area contributed by atoms with E-state index in [-0.39, 0.29) is 5.41 Å². The number of hydrogen-bond donors (Lipinski definition) is 0. The summed E-state index contributed by atoms with van der Waals surface area (Å²) in [5, 5.41) is 0. The topological polar surface area (TPSA) is 64.5 Å². The molecule has 0 fully saturated rings. The fourth-order valence-corrected chi connectivity index (χ4v) is 9.67. The van der Waals surface area contributed by atoms with Gasteiger partial charge < -0.3 is 0 Å². The quantitative estimate of drug-likeness (QED) is 0.144. The maximum atomic E-state index is 5.25. The third kappa shape index (κ3) is 8.00. The summed E-state index contributed by atoms with van der Waals surface area (Å²) >= 11 is 0. The highest BCUT2D eigenvalue weighted by Crippen LogP contribution is 2.49. The molecule has 0 saturated heterocycles. The number of fused-ring (bicyclic) bond motifs is 3. The number of benzene rings is 9. The summed E-state index contributed by atoms with van der Waals surface area (Å²) < 4.78 is 0. The molecule has 5 heteroatoms. The fraction of sp³-hybridized carbons (Fsp3) is 0.0469. The van der Waals surface area contributed by atoms with Gasteiger partial charge in [-0.25, -0.2) is 24.9 Å². The molecule has 0 radical (unpaired) electrons. The van der Waals surface area contributed by atoms with E-state index in [1.165, 1.54) is 33.4 Å². The van der Waals surface area contributed by atoms with Gasteiger partial charge in [0.1, 0.15) is 0 Å². The molecular formula is C64H45N5. The van der Waals surface area contributed by atoms with Crippen LogP contribution in [0.1, 0.15) is 25.0 Å². The lowest BCUT2D eigenvalue weighted by Gasteiger charge is -2.21. The van der Waals surface area contributed by atoms with Crippen molar-refractivity contribution in [2.24, 2.45) is 0 Å². The Morgan fingerprint density at radius 2 is 0.594 bits per heavy atom. The van der Waals surface area contributed by atoms with E-state index in [9.17, 15) is 0 Å². The molecule has 11 aromatic rings. The van der Waals surface area contributed by atoms with Gasteiger partial charge in [-0.1, -0.05) is 226 Å². The molecule has 0 aliphatic heterocycles. The van der Waals surface area contributed by atoms with Crippen molar-refractivity contribution < 1.29 is 0 Å². The van der Waals surface area contributed by atoms with Crippen LogP contribution in [0.25, 0.3) is 113 Å². The lowest BCUT2D eigenvalue weighted by molar-refractivity contribution is 0.660. The minimum atomic E-state index is -0.153. The summed E-state index contributed by atoms with van der Waals surface area (Å²) in [7, 11) is 0. The second-order valence-electron chi connectivity index (χ2n) is 18.1. The zero-order valence-electron chi connectivity index (χ0n) is 38.3. The molecule has 2 aromatic heterocycles. The molecule has 0 N–H and O–H groups in total. The highest BCUT2D eigenvalue weighted by molar-refractivity contribution is 5.84. The number of aromatic nitrogens is 5. The Labute approximate surface area is 402 Å². The van der Waals surface area contributed by atoms with Crippen molar-refractivity contribution in [3.8, 4) is 113 Å². The first-order valence-corrected chi connectivity index (χ1v) is 23.4. The van der Waals surface area contributed by atoms with Crippen LogP contribution in [-0.4, -0.2) is 24.9 Å². The molecule has 5 nitrogen and oxygen atoms in total. The lowest BCUT2D eigenvalue weighted by atomic mass is 9.82. The van der Waals surface area contributed by atoms with Gasteiger partial charge in [0.2, 0.25) is 0 Å². The van der Waals surface area contributed by atoms with Gasteiger partial charge in [-0.15, -0.1) is 0 Å². The van der Waals surface area contributed by atoms with Crippen molar-refractivity contribution in [3.05, 3.63) is 248 Å². The normalized spacial score (nSPS) is 12.3. The van der Waals surface area contributed by atoms with Gasteiger partial charge in [-0.05, 0) is 79.9 Å². The molecule has 69 heavy (non-hydrogen) atoms. The van der Waals surface area contributed by atoms with Crippen LogP contribution in [0.5, 0.6) is 0 Å². The van der Waals surface area contributed by atoms with E-state index in [0.29, 0.717) is 23.3 Å². The van der Waals surface area contributed by atoms with Gasteiger partial charge in [0, 0.05) is 38.8 Å². The van der Waals surface area contributed by atoms with Crippen LogP contribution in [0, 0.1) is 0 Å². The molecular weight excluding hydrogens is 839 g/mol. The minimum Gasteiger partial charge on any atom is -0.228 e. The van der Waals surface area contributed by atoms with Crippen molar-refractivity contribution in [1.29, 1.82) is 0 Å². The first-order chi connectivity index (χ1) is 33.9. The van der Waals surface area contributed by atoms with E-state index in [1.807, 2.05) is 30.3 Å². The van der Waals surface area contributed by atoms with Crippen LogP contribution in [0.2, 0.25) is 0 Å². The predicted molar refractivity (Wildman–Crippen MR) is 282 cm³/mol. The Hall–Kier alpha value is -8.93. The molecule has 12 rings (SSSR count). The summed E-state index contributed by atoms with van der Waals surface area (Å²) in [6.07, 6.45) is 0. The Kier molecular flexibility index (Phi) is 10.4. The SMILES string of the molecule is CC1(C)c2ccccc2-c2ccc(-c3nc(-c4ccccc4)nc(-c4cccc(-c5cccc(-c6cc(-c7ccc(-c8ccccc8)cc7)nc(-c7ccc(-c8ccccc8)cc7)n6)c5)c4)n3)cc21. The van der Waals surface area contributed by atoms with E-state index >= 15 is 0 Å². The van der Waals surface area contributed by atoms with Crippen LogP contribution >= 0.6 is 0 Å². The van der Waals surface area contributed by atoms with Crippen LogP contribution in [0.15, 0.2) is 237 Å². The number of hydrogen-bond acceptors (Lipinski definition) is 5.